The predicted octanol–water partition coefficient (Wildman–Crippen LogP) is 0.742. The average molecular weight is 306 g/mol. The predicted molar refractivity (Wildman–Crippen MR) is 79.1 cm³/mol. The zero-order chi connectivity index (χ0) is 15.8. The fourth-order valence-corrected chi connectivity index (χ4v) is 2.92. The maximum Gasteiger partial charge on any atom is 0.231 e. The molecule has 0 aromatic carbocycles. The van der Waals surface area contributed by atoms with E-state index in [2.05, 4.69) is 10.3 Å². The average Bonchev–Trinajstić information content (AvgIpc) is 3.25. The molecule has 2 fully saturated rings. The summed E-state index contributed by atoms with van der Waals surface area (Å²) in [7, 11) is 0. The van der Waals surface area contributed by atoms with Gasteiger partial charge in [0.2, 0.25) is 5.91 Å². The lowest BCUT2D eigenvalue weighted by molar-refractivity contribution is -0.145. The Kier molecular flexibility index (Phi) is 3.92. The quantitative estimate of drug-likeness (QED) is 0.839. The fourth-order valence-electron chi connectivity index (χ4n) is 2.92. The Morgan fingerprint density at radius 2 is 2.14 bits per heavy atom. The van der Waals surface area contributed by atoms with Crippen LogP contribution in [0.1, 0.15) is 32.3 Å². The number of nitrogens with zero attached hydrogens (tertiary/aromatic N) is 1. The van der Waals surface area contributed by atoms with Gasteiger partial charge in [-0.3, -0.25) is 9.78 Å². The highest BCUT2D eigenvalue weighted by molar-refractivity contribution is 5.91. The minimum atomic E-state index is -0.675. The molecule has 1 aliphatic heterocycles. The zero-order valence-electron chi connectivity index (χ0n) is 12.9. The van der Waals surface area contributed by atoms with Gasteiger partial charge in [0.1, 0.15) is 6.10 Å². The fraction of sp³-hybridized carbons (Fsp3) is 0.625. The summed E-state index contributed by atoms with van der Waals surface area (Å²) >= 11 is 0. The van der Waals surface area contributed by atoms with Crippen LogP contribution in [-0.2, 0) is 19.7 Å². The minimum Gasteiger partial charge on any atom is -0.394 e. The third-order valence-corrected chi connectivity index (χ3v) is 4.41. The molecule has 1 aromatic heterocycles. The van der Waals surface area contributed by atoms with Crippen molar-refractivity contribution in [2.45, 2.75) is 50.0 Å². The first kappa shape index (κ1) is 15.4. The maximum absolute atomic E-state index is 12.7. The molecule has 0 radical (unpaired) electrons. The molecule has 2 atom stereocenters. The maximum atomic E-state index is 12.7. The molecule has 0 spiro atoms. The van der Waals surface area contributed by atoms with Crippen molar-refractivity contribution in [1.82, 2.24) is 10.3 Å². The van der Waals surface area contributed by atoms with E-state index in [0.29, 0.717) is 6.61 Å². The van der Waals surface area contributed by atoms with E-state index in [4.69, 9.17) is 9.47 Å². The standard InChI is InChI=1S/C16H22N2O4/c1-15(2)21-10-13(22-15)12(9-19)18-14(20)16(5-6-16)11-3-7-17-8-4-11/h3-4,7-8,12-13,19H,5-6,9-10H2,1-2H3,(H,18,20)/t12-,13-/m1/s1. The number of aliphatic hydroxyl groups is 1. The van der Waals surface area contributed by atoms with Crippen LogP contribution in [0.2, 0.25) is 0 Å². The SMILES string of the molecule is CC1(C)OC[C@H]([C@@H](CO)NC(=O)C2(c3ccncc3)CC2)O1. The van der Waals surface area contributed by atoms with E-state index in [9.17, 15) is 9.90 Å². The highest BCUT2D eigenvalue weighted by Crippen LogP contribution is 2.48. The number of amides is 1. The second-order valence-corrected chi connectivity index (χ2v) is 6.45. The largest absolute Gasteiger partial charge is 0.394 e. The lowest BCUT2D eigenvalue weighted by Crippen LogP contribution is -2.50. The number of aromatic nitrogens is 1. The topological polar surface area (TPSA) is 80.7 Å². The van der Waals surface area contributed by atoms with Crippen LogP contribution in [0.4, 0.5) is 0 Å². The first-order chi connectivity index (χ1) is 10.5. The van der Waals surface area contributed by atoms with Crippen LogP contribution in [-0.4, -0.2) is 47.1 Å². The Bertz CT molecular complexity index is 542. The van der Waals surface area contributed by atoms with Gasteiger partial charge in [0.05, 0.1) is 24.7 Å². The Hall–Kier alpha value is -1.50. The van der Waals surface area contributed by atoms with Crippen LogP contribution < -0.4 is 5.32 Å². The Labute approximate surface area is 129 Å². The normalized spacial score (nSPS) is 26.4. The van der Waals surface area contributed by atoms with Crippen molar-refractivity contribution in [3.05, 3.63) is 30.1 Å². The highest BCUT2D eigenvalue weighted by atomic mass is 16.7. The highest BCUT2D eigenvalue weighted by Gasteiger charge is 2.52. The number of carbonyl (C=O) groups excluding carboxylic acids is 1. The van der Waals surface area contributed by atoms with Crippen molar-refractivity contribution in [1.29, 1.82) is 0 Å². The molecule has 1 saturated heterocycles. The van der Waals surface area contributed by atoms with E-state index >= 15 is 0 Å². The van der Waals surface area contributed by atoms with Gasteiger partial charge in [0, 0.05) is 12.4 Å². The molecule has 1 aliphatic carbocycles. The monoisotopic (exact) mass is 306 g/mol. The number of carbonyl (C=O) groups is 1. The number of ether oxygens (including phenoxy) is 2. The molecule has 3 rings (SSSR count). The van der Waals surface area contributed by atoms with Gasteiger partial charge in [-0.2, -0.15) is 0 Å². The summed E-state index contributed by atoms with van der Waals surface area (Å²) in [6, 6.07) is 3.28. The smallest absolute Gasteiger partial charge is 0.231 e. The third kappa shape index (κ3) is 2.86. The number of nitrogens with one attached hydrogen (secondary N) is 1. The molecule has 1 amide bonds. The van der Waals surface area contributed by atoms with E-state index in [1.165, 1.54) is 0 Å². The summed E-state index contributed by atoms with van der Waals surface area (Å²) in [6.45, 7) is 3.83. The van der Waals surface area contributed by atoms with Crippen molar-refractivity contribution >= 4 is 5.91 Å². The van der Waals surface area contributed by atoms with Gasteiger partial charge in [-0.15, -0.1) is 0 Å². The molecular weight excluding hydrogens is 284 g/mol. The van der Waals surface area contributed by atoms with Gasteiger partial charge in [-0.05, 0) is 44.4 Å². The van der Waals surface area contributed by atoms with Crippen molar-refractivity contribution in [3.63, 3.8) is 0 Å². The lowest BCUT2D eigenvalue weighted by atomic mass is 9.95. The van der Waals surface area contributed by atoms with Gasteiger partial charge in [0.15, 0.2) is 5.79 Å². The number of aliphatic hydroxyl groups excluding tert-OH is 1. The molecule has 6 heteroatoms. The molecule has 1 saturated carbocycles. The lowest BCUT2D eigenvalue weighted by Gasteiger charge is -2.26. The third-order valence-electron chi connectivity index (χ3n) is 4.41. The second-order valence-electron chi connectivity index (χ2n) is 6.45. The Morgan fingerprint density at radius 3 is 2.64 bits per heavy atom. The zero-order valence-corrected chi connectivity index (χ0v) is 12.9. The molecular formula is C16H22N2O4. The van der Waals surface area contributed by atoms with Crippen molar-refractivity contribution in [2.24, 2.45) is 0 Å². The summed E-state index contributed by atoms with van der Waals surface area (Å²) < 4.78 is 11.2. The van der Waals surface area contributed by atoms with E-state index < -0.39 is 17.2 Å². The van der Waals surface area contributed by atoms with Gasteiger partial charge < -0.3 is 19.9 Å². The van der Waals surface area contributed by atoms with Gasteiger partial charge in [-0.25, -0.2) is 0 Å². The van der Waals surface area contributed by atoms with Crippen LogP contribution in [0, 0.1) is 0 Å². The van der Waals surface area contributed by atoms with Crippen molar-refractivity contribution in [3.8, 4) is 0 Å². The second kappa shape index (κ2) is 5.61. The molecule has 6 nitrogen and oxygen atoms in total. The number of pyridine rings is 1. The summed E-state index contributed by atoms with van der Waals surface area (Å²) in [4.78, 5) is 16.7. The number of hydrogen-bond donors (Lipinski definition) is 2. The summed E-state index contributed by atoms with van der Waals surface area (Å²) in [5.74, 6) is -0.739. The molecule has 0 unspecified atom stereocenters. The van der Waals surface area contributed by atoms with Gasteiger partial charge >= 0.3 is 0 Å². The van der Waals surface area contributed by atoms with E-state index in [1.807, 2.05) is 26.0 Å². The van der Waals surface area contributed by atoms with Crippen LogP contribution in [0.25, 0.3) is 0 Å². The van der Waals surface area contributed by atoms with Crippen molar-refractivity contribution in [2.75, 3.05) is 13.2 Å². The van der Waals surface area contributed by atoms with Crippen LogP contribution in [0.15, 0.2) is 24.5 Å². The molecule has 22 heavy (non-hydrogen) atoms. The van der Waals surface area contributed by atoms with Gasteiger partial charge in [-0.1, -0.05) is 0 Å². The van der Waals surface area contributed by atoms with E-state index in [1.54, 1.807) is 12.4 Å². The van der Waals surface area contributed by atoms with Crippen LogP contribution in [0.3, 0.4) is 0 Å². The minimum absolute atomic E-state index is 0.0638. The molecule has 120 valence electrons. The first-order valence-electron chi connectivity index (χ1n) is 7.61. The van der Waals surface area contributed by atoms with E-state index in [0.717, 1.165) is 18.4 Å². The van der Waals surface area contributed by atoms with E-state index in [-0.39, 0.29) is 18.6 Å². The molecule has 1 aromatic rings. The summed E-state index contributed by atoms with van der Waals surface area (Å²) in [5, 5.41) is 12.5. The first-order valence-corrected chi connectivity index (χ1v) is 7.61. The van der Waals surface area contributed by atoms with Crippen LogP contribution in [0.5, 0.6) is 0 Å². The summed E-state index contributed by atoms with van der Waals surface area (Å²) in [5.41, 5.74) is 0.492. The molecule has 2 N–H and O–H groups in total. The number of hydrogen-bond acceptors (Lipinski definition) is 5. The Morgan fingerprint density at radius 1 is 1.45 bits per heavy atom. The molecule has 2 aliphatic rings. The van der Waals surface area contributed by atoms with Gasteiger partial charge in [0.25, 0.3) is 0 Å². The molecule has 2 heterocycles. The summed E-state index contributed by atoms with van der Waals surface area (Å²) in [6.07, 6.45) is 4.69. The Balaban J connectivity index is 1.68. The van der Waals surface area contributed by atoms with Crippen molar-refractivity contribution < 1.29 is 19.4 Å². The number of rotatable bonds is 5. The van der Waals surface area contributed by atoms with Crippen LogP contribution >= 0.6 is 0 Å². The molecule has 0 bridgehead atoms.